The third kappa shape index (κ3) is 4.51. The number of benzene rings is 1. The second-order valence-corrected chi connectivity index (χ2v) is 4.90. The van der Waals surface area contributed by atoms with E-state index in [1.165, 1.54) is 33.2 Å². The zero-order chi connectivity index (χ0) is 16.9. The Labute approximate surface area is 136 Å². The molecule has 9 heteroatoms. The predicted molar refractivity (Wildman–Crippen MR) is 80.5 cm³/mol. The van der Waals surface area contributed by atoms with Crippen LogP contribution in [-0.4, -0.2) is 38.2 Å². The number of halogens is 2. The molecule has 0 heterocycles. The maximum atomic E-state index is 12.0. The van der Waals surface area contributed by atoms with Crippen LogP contribution in [0.25, 0.3) is 0 Å². The molecule has 1 aromatic carbocycles. The molecule has 0 aliphatic rings. The Hall–Kier alpha value is -1.99. The van der Waals surface area contributed by atoms with Crippen LogP contribution in [0, 0.1) is 0 Å². The van der Waals surface area contributed by atoms with E-state index < -0.39 is 24.0 Å². The van der Waals surface area contributed by atoms with Crippen molar-refractivity contribution in [1.29, 1.82) is 0 Å². The molecule has 1 rings (SSSR count). The van der Waals surface area contributed by atoms with Crippen molar-refractivity contribution < 1.29 is 23.9 Å². The average molecular weight is 349 g/mol. The molecule has 0 aliphatic carbocycles. The highest BCUT2D eigenvalue weighted by Gasteiger charge is 2.22. The van der Waals surface area contributed by atoms with Gasteiger partial charge < -0.3 is 14.8 Å². The molecule has 0 radical (unpaired) electrons. The van der Waals surface area contributed by atoms with Crippen LogP contribution in [-0.2, 0) is 9.53 Å². The van der Waals surface area contributed by atoms with Crippen LogP contribution >= 0.6 is 23.2 Å². The van der Waals surface area contributed by atoms with Gasteiger partial charge in [0.25, 0.3) is 5.91 Å². The Morgan fingerprint density at radius 2 is 1.73 bits per heavy atom. The Morgan fingerprint density at radius 1 is 1.18 bits per heavy atom. The maximum absolute atomic E-state index is 12.0. The molecule has 1 atom stereocenters. The van der Waals surface area contributed by atoms with Gasteiger partial charge in [-0.25, -0.2) is 9.59 Å². The molecule has 0 unspecified atom stereocenters. The maximum Gasteiger partial charge on any atom is 0.339 e. The number of amides is 3. The number of hydrogen-bond donors (Lipinski definition) is 2. The molecule has 0 fully saturated rings. The standard InChI is InChI=1S/C13H14Cl2N2O5/c1-6(11(18)17-13(20)16-2)22-12(19)7-4-8(14)10(21-3)9(15)5-7/h4-6H,1-3H3,(H2,16,17,18,20)/t6-/m0/s1. The van der Waals surface area contributed by atoms with Gasteiger partial charge in [0, 0.05) is 7.05 Å². The smallest absolute Gasteiger partial charge is 0.339 e. The first-order valence-corrected chi connectivity index (χ1v) is 6.82. The molecule has 7 nitrogen and oxygen atoms in total. The van der Waals surface area contributed by atoms with Crippen molar-refractivity contribution in [3.05, 3.63) is 27.7 Å². The zero-order valence-electron chi connectivity index (χ0n) is 12.0. The van der Waals surface area contributed by atoms with Crippen LogP contribution in [0.5, 0.6) is 5.75 Å². The molecule has 0 saturated carbocycles. The van der Waals surface area contributed by atoms with Gasteiger partial charge in [0.15, 0.2) is 11.9 Å². The number of rotatable bonds is 4. The van der Waals surface area contributed by atoms with Crippen molar-refractivity contribution in [1.82, 2.24) is 10.6 Å². The predicted octanol–water partition coefficient (Wildman–Crippen LogP) is 2.00. The van der Waals surface area contributed by atoms with E-state index in [-0.39, 0.29) is 21.4 Å². The highest BCUT2D eigenvalue weighted by atomic mass is 35.5. The number of ether oxygens (including phenoxy) is 2. The summed E-state index contributed by atoms with van der Waals surface area (Å²) in [5.74, 6) is -1.35. The lowest BCUT2D eigenvalue weighted by Crippen LogP contribution is -2.43. The molecule has 22 heavy (non-hydrogen) atoms. The van der Waals surface area contributed by atoms with E-state index >= 15 is 0 Å². The van der Waals surface area contributed by atoms with Crippen molar-refractivity contribution in [2.24, 2.45) is 0 Å². The van der Waals surface area contributed by atoms with E-state index in [9.17, 15) is 14.4 Å². The van der Waals surface area contributed by atoms with Crippen molar-refractivity contribution >= 4 is 41.1 Å². The summed E-state index contributed by atoms with van der Waals surface area (Å²) in [4.78, 5) is 34.6. The minimum Gasteiger partial charge on any atom is -0.494 e. The molecule has 2 N–H and O–H groups in total. The molecule has 0 bridgehead atoms. The van der Waals surface area contributed by atoms with Gasteiger partial charge in [-0.3, -0.25) is 10.1 Å². The number of nitrogens with one attached hydrogen (secondary N) is 2. The van der Waals surface area contributed by atoms with Crippen LogP contribution < -0.4 is 15.4 Å². The summed E-state index contributed by atoms with van der Waals surface area (Å²) in [6.45, 7) is 1.32. The summed E-state index contributed by atoms with van der Waals surface area (Å²) < 4.78 is 9.90. The molecule has 120 valence electrons. The van der Waals surface area contributed by atoms with Crippen molar-refractivity contribution in [3.63, 3.8) is 0 Å². The minimum absolute atomic E-state index is 0.0513. The van der Waals surface area contributed by atoms with Gasteiger partial charge in [-0.05, 0) is 19.1 Å². The van der Waals surface area contributed by atoms with E-state index in [1.807, 2.05) is 5.32 Å². The van der Waals surface area contributed by atoms with Gasteiger partial charge in [-0.15, -0.1) is 0 Å². The number of carbonyl (C=O) groups excluding carboxylic acids is 3. The Morgan fingerprint density at radius 3 is 2.18 bits per heavy atom. The van der Waals surface area contributed by atoms with E-state index in [4.69, 9.17) is 32.7 Å². The number of carbonyl (C=O) groups is 3. The molecule has 1 aromatic rings. The van der Waals surface area contributed by atoms with Crippen molar-refractivity contribution in [2.45, 2.75) is 13.0 Å². The molecule has 0 aromatic heterocycles. The topological polar surface area (TPSA) is 93.7 Å². The van der Waals surface area contributed by atoms with Crippen LogP contribution in [0.15, 0.2) is 12.1 Å². The van der Waals surface area contributed by atoms with E-state index in [2.05, 4.69) is 5.32 Å². The number of urea groups is 1. The molecule has 0 saturated heterocycles. The number of imide groups is 1. The van der Waals surface area contributed by atoms with Gasteiger partial charge in [0.1, 0.15) is 0 Å². The number of methoxy groups -OCH3 is 1. The molecular weight excluding hydrogens is 335 g/mol. The lowest BCUT2D eigenvalue weighted by molar-refractivity contribution is -0.127. The number of esters is 1. The number of hydrogen-bond acceptors (Lipinski definition) is 5. The van der Waals surface area contributed by atoms with Crippen LogP contribution in [0.1, 0.15) is 17.3 Å². The first-order chi connectivity index (χ1) is 10.3. The van der Waals surface area contributed by atoms with Gasteiger partial charge in [-0.2, -0.15) is 0 Å². The zero-order valence-corrected chi connectivity index (χ0v) is 13.5. The summed E-state index contributed by atoms with van der Waals surface area (Å²) >= 11 is 11.8. The first-order valence-electron chi connectivity index (χ1n) is 6.06. The van der Waals surface area contributed by atoms with Crippen molar-refractivity contribution in [2.75, 3.05) is 14.2 Å². The first kappa shape index (κ1) is 18.1. The second-order valence-electron chi connectivity index (χ2n) is 4.09. The quantitative estimate of drug-likeness (QED) is 0.811. The second kappa shape index (κ2) is 7.86. The Kier molecular flexibility index (Phi) is 6.45. The highest BCUT2D eigenvalue weighted by molar-refractivity contribution is 6.37. The summed E-state index contributed by atoms with van der Waals surface area (Å²) in [6.07, 6.45) is -1.18. The fourth-order valence-electron chi connectivity index (χ4n) is 1.43. The highest BCUT2D eigenvalue weighted by Crippen LogP contribution is 2.34. The SMILES string of the molecule is CNC(=O)NC(=O)[C@H](C)OC(=O)c1cc(Cl)c(OC)c(Cl)c1. The molecule has 0 aliphatic heterocycles. The largest absolute Gasteiger partial charge is 0.494 e. The van der Waals surface area contributed by atoms with Gasteiger partial charge in [0.05, 0.1) is 22.7 Å². The lowest BCUT2D eigenvalue weighted by atomic mass is 10.2. The summed E-state index contributed by atoms with van der Waals surface area (Å²) in [5.41, 5.74) is 0.0513. The Bertz CT molecular complexity index is 583. The molecule has 3 amide bonds. The Balaban J connectivity index is 2.81. The normalized spacial score (nSPS) is 11.3. The fourth-order valence-corrected chi connectivity index (χ4v) is 2.07. The monoisotopic (exact) mass is 348 g/mol. The van der Waals surface area contributed by atoms with E-state index in [0.29, 0.717) is 0 Å². The van der Waals surface area contributed by atoms with E-state index in [1.54, 1.807) is 0 Å². The van der Waals surface area contributed by atoms with Crippen LogP contribution in [0.2, 0.25) is 10.0 Å². The van der Waals surface area contributed by atoms with Crippen LogP contribution in [0.3, 0.4) is 0 Å². The summed E-state index contributed by atoms with van der Waals surface area (Å²) in [6, 6.07) is 1.90. The fraction of sp³-hybridized carbons (Fsp3) is 0.308. The lowest BCUT2D eigenvalue weighted by Gasteiger charge is -2.13. The molecular formula is C13H14Cl2N2O5. The van der Waals surface area contributed by atoms with Gasteiger partial charge >= 0.3 is 12.0 Å². The third-order valence-corrected chi connectivity index (χ3v) is 3.12. The van der Waals surface area contributed by atoms with Gasteiger partial charge in [0.2, 0.25) is 0 Å². The average Bonchev–Trinajstić information content (AvgIpc) is 2.46. The summed E-state index contributed by atoms with van der Waals surface area (Å²) in [7, 11) is 2.73. The minimum atomic E-state index is -1.18. The van der Waals surface area contributed by atoms with Crippen molar-refractivity contribution in [3.8, 4) is 5.75 Å². The molecule has 0 spiro atoms. The van der Waals surface area contributed by atoms with E-state index in [0.717, 1.165) is 0 Å². The third-order valence-electron chi connectivity index (χ3n) is 2.55. The summed E-state index contributed by atoms with van der Waals surface area (Å²) in [5, 5.41) is 4.45. The van der Waals surface area contributed by atoms with Gasteiger partial charge in [-0.1, -0.05) is 23.2 Å². The van der Waals surface area contributed by atoms with Crippen LogP contribution in [0.4, 0.5) is 4.79 Å².